The molecule has 30 heavy (non-hydrogen) atoms. The van der Waals surface area contributed by atoms with E-state index in [1.54, 1.807) is 6.07 Å². The molecule has 160 valence electrons. The van der Waals surface area contributed by atoms with Crippen molar-refractivity contribution in [3.63, 3.8) is 0 Å². The van der Waals surface area contributed by atoms with E-state index in [0.29, 0.717) is 17.4 Å². The molecule has 3 N–H and O–H groups in total. The van der Waals surface area contributed by atoms with Gasteiger partial charge >= 0.3 is 6.18 Å². The van der Waals surface area contributed by atoms with Crippen LogP contribution in [0.4, 0.5) is 18.9 Å². The highest BCUT2D eigenvalue weighted by Gasteiger charge is 2.31. The van der Waals surface area contributed by atoms with Gasteiger partial charge in [0.15, 0.2) is 0 Å². The molecule has 0 heterocycles. The number of amides is 2. The second-order valence-electron chi connectivity index (χ2n) is 5.96. The standard InChI is InChI=1S/C19H17ClF3N3O4/c1-30-13-3-5-16(27)11(8-13)10-24-26-18(29)7-6-17(28)25-15-9-12(19(21,22)23)2-4-14(15)20/h2-5,8-10,27H,6-7H2,1H3,(H,25,28)(H,26,29)/b24-10+. The van der Waals surface area contributed by atoms with Crippen molar-refractivity contribution in [3.8, 4) is 11.5 Å². The Kier molecular flexibility index (Phi) is 7.65. The minimum Gasteiger partial charge on any atom is -0.507 e. The highest BCUT2D eigenvalue weighted by atomic mass is 35.5. The maximum atomic E-state index is 12.8. The van der Waals surface area contributed by atoms with E-state index in [-0.39, 0.29) is 29.3 Å². The number of hydrogen-bond acceptors (Lipinski definition) is 5. The molecule has 2 aromatic rings. The van der Waals surface area contributed by atoms with Gasteiger partial charge in [0.25, 0.3) is 0 Å². The highest BCUT2D eigenvalue weighted by molar-refractivity contribution is 6.33. The summed E-state index contributed by atoms with van der Waals surface area (Å²) < 4.78 is 43.3. The summed E-state index contributed by atoms with van der Waals surface area (Å²) in [5.74, 6) is -0.906. The van der Waals surface area contributed by atoms with Gasteiger partial charge in [-0.05, 0) is 36.4 Å². The number of hydrogen-bond donors (Lipinski definition) is 3. The quantitative estimate of drug-likeness (QED) is 0.445. The average molecular weight is 444 g/mol. The summed E-state index contributed by atoms with van der Waals surface area (Å²) >= 11 is 5.80. The number of methoxy groups -OCH3 is 1. The predicted molar refractivity (Wildman–Crippen MR) is 105 cm³/mol. The third-order valence-corrected chi connectivity index (χ3v) is 4.10. The van der Waals surface area contributed by atoms with E-state index in [1.165, 1.54) is 25.5 Å². The Morgan fingerprint density at radius 2 is 1.87 bits per heavy atom. The zero-order valence-electron chi connectivity index (χ0n) is 15.6. The van der Waals surface area contributed by atoms with Crippen molar-refractivity contribution in [2.75, 3.05) is 12.4 Å². The summed E-state index contributed by atoms with van der Waals surface area (Å²) in [5.41, 5.74) is 1.31. The van der Waals surface area contributed by atoms with Crippen molar-refractivity contribution in [1.29, 1.82) is 0 Å². The lowest BCUT2D eigenvalue weighted by Gasteiger charge is -2.11. The van der Waals surface area contributed by atoms with Crippen LogP contribution in [-0.4, -0.2) is 30.2 Å². The Bertz CT molecular complexity index is 965. The first-order chi connectivity index (χ1) is 14.1. The maximum absolute atomic E-state index is 12.8. The van der Waals surface area contributed by atoms with Crippen molar-refractivity contribution in [1.82, 2.24) is 5.43 Å². The zero-order valence-corrected chi connectivity index (χ0v) is 16.3. The van der Waals surface area contributed by atoms with Crippen molar-refractivity contribution < 1.29 is 32.6 Å². The van der Waals surface area contributed by atoms with Crippen LogP contribution in [0.3, 0.4) is 0 Å². The first-order valence-corrected chi connectivity index (χ1v) is 8.83. The number of ether oxygens (including phenoxy) is 1. The number of carbonyl (C=O) groups is 2. The number of anilines is 1. The van der Waals surface area contributed by atoms with Gasteiger partial charge in [0.1, 0.15) is 11.5 Å². The second-order valence-corrected chi connectivity index (χ2v) is 6.37. The van der Waals surface area contributed by atoms with Gasteiger partial charge in [-0.25, -0.2) is 5.43 Å². The van der Waals surface area contributed by atoms with E-state index < -0.39 is 23.6 Å². The van der Waals surface area contributed by atoms with Gasteiger partial charge < -0.3 is 15.2 Å². The Labute approximate surface area is 174 Å². The molecule has 0 saturated carbocycles. The summed E-state index contributed by atoms with van der Waals surface area (Å²) in [4.78, 5) is 23.7. The summed E-state index contributed by atoms with van der Waals surface area (Å²) in [5, 5.41) is 15.6. The molecule has 0 fully saturated rings. The van der Waals surface area contributed by atoms with Crippen molar-refractivity contribution in [2.24, 2.45) is 5.10 Å². The molecule has 0 aliphatic carbocycles. The number of rotatable bonds is 7. The van der Waals surface area contributed by atoms with Crippen LogP contribution in [0.25, 0.3) is 0 Å². The first kappa shape index (κ1) is 23.0. The van der Waals surface area contributed by atoms with Crippen LogP contribution in [0, 0.1) is 0 Å². The Hall–Kier alpha value is -3.27. The molecule has 2 aromatic carbocycles. The summed E-state index contributed by atoms with van der Waals surface area (Å²) in [6.07, 6.45) is -3.97. The maximum Gasteiger partial charge on any atom is 0.416 e. The zero-order chi connectivity index (χ0) is 22.3. The van der Waals surface area contributed by atoms with Gasteiger partial charge in [-0.15, -0.1) is 0 Å². The molecule has 0 aromatic heterocycles. The number of alkyl halides is 3. The number of carbonyl (C=O) groups excluding carboxylic acids is 2. The molecular weight excluding hydrogens is 427 g/mol. The molecular formula is C19H17ClF3N3O4. The van der Waals surface area contributed by atoms with Crippen LogP contribution in [0.5, 0.6) is 11.5 Å². The number of phenols is 1. The number of nitrogens with zero attached hydrogens (tertiary/aromatic N) is 1. The topological polar surface area (TPSA) is 100 Å². The summed E-state index contributed by atoms with van der Waals surface area (Å²) in [6, 6.07) is 6.97. The monoisotopic (exact) mass is 443 g/mol. The number of benzene rings is 2. The van der Waals surface area contributed by atoms with E-state index in [9.17, 15) is 27.9 Å². The lowest BCUT2D eigenvalue weighted by atomic mass is 10.2. The van der Waals surface area contributed by atoms with Gasteiger partial charge in [0.05, 0.1) is 29.6 Å². The molecule has 11 heteroatoms. The largest absolute Gasteiger partial charge is 0.507 e. The third-order valence-electron chi connectivity index (χ3n) is 3.77. The van der Waals surface area contributed by atoms with E-state index in [1.807, 2.05) is 0 Å². The van der Waals surface area contributed by atoms with Crippen LogP contribution >= 0.6 is 11.6 Å². The fourth-order valence-electron chi connectivity index (χ4n) is 2.23. The van der Waals surface area contributed by atoms with Crippen LogP contribution in [-0.2, 0) is 15.8 Å². The first-order valence-electron chi connectivity index (χ1n) is 8.45. The van der Waals surface area contributed by atoms with Crippen LogP contribution in [0.2, 0.25) is 5.02 Å². The van der Waals surface area contributed by atoms with Gasteiger partial charge in [-0.2, -0.15) is 18.3 Å². The lowest BCUT2D eigenvalue weighted by molar-refractivity contribution is -0.137. The predicted octanol–water partition coefficient (Wildman–Crippen LogP) is 3.94. The fraction of sp³-hybridized carbons (Fsp3) is 0.211. The van der Waals surface area contributed by atoms with Crippen LogP contribution in [0.15, 0.2) is 41.5 Å². The summed E-state index contributed by atoms with van der Waals surface area (Å²) in [6.45, 7) is 0. The molecule has 0 spiro atoms. The van der Waals surface area contributed by atoms with Gasteiger partial charge in [0, 0.05) is 18.4 Å². The Morgan fingerprint density at radius 3 is 2.53 bits per heavy atom. The van der Waals surface area contributed by atoms with Gasteiger partial charge in [-0.3, -0.25) is 9.59 Å². The molecule has 7 nitrogen and oxygen atoms in total. The molecule has 2 amide bonds. The number of halogens is 4. The number of aromatic hydroxyl groups is 1. The Morgan fingerprint density at radius 1 is 1.17 bits per heavy atom. The lowest BCUT2D eigenvalue weighted by Crippen LogP contribution is -2.21. The molecule has 0 bridgehead atoms. The SMILES string of the molecule is COc1ccc(O)c(/C=N/NC(=O)CCC(=O)Nc2cc(C(F)(F)F)ccc2Cl)c1. The van der Waals surface area contributed by atoms with Gasteiger partial charge in [-0.1, -0.05) is 11.6 Å². The fourth-order valence-corrected chi connectivity index (χ4v) is 2.39. The van der Waals surface area contributed by atoms with E-state index in [2.05, 4.69) is 15.8 Å². The molecule has 0 aliphatic rings. The molecule has 0 unspecified atom stereocenters. The van der Waals surface area contributed by atoms with Crippen molar-refractivity contribution in [3.05, 3.63) is 52.5 Å². The van der Waals surface area contributed by atoms with E-state index >= 15 is 0 Å². The third kappa shape index (κ3) is 6.66. The number of hydrazone groups is 1. The minimum atomic E-state index is -4.58. The summed E-state index contributed by atoms with van der Waals surface area (Å²) in [7, 11) is 1.45. The molecule has 0 aliphatic heterocycles. The number of phenolic OH excluding ortho intramolecular Hbond substituents is 1. The second kappa shape index (κ2) is 9.97. The van der Waals surface area contributed by atoms with Gasteiger partial charge in [0.2, 0.25) is 11.8 Å². The van der Waals surface area contributed by atoms with Crippen LogP contribution in [0.1, 0.15) is 24.0 Å². The minimum absolute atomic E-state index is 0.0662. The molecule has 0 atom stereocenters. The molecule has 2 rings (SSSR count). The smallest absolute Gasteiger partial charge is 0.416 e. The highest BCUT2D eigenvalue weighted by Crippen LogP contribution is 2.33. The van der Waals surface area contributed by atoms with Crippen molar-refractivity contribution >= 4 is 35.3 Å². The van der Waals surface area contributed by atoms with Crippen molar-refractivity contribution in [2.45, 2.75) is 19.0 Å². The number of nitrogens with one attached hydrogen (secondary N) is 2. The average Bonchev–Trinajstić information content (AvgIpc) is 2.68. The molecule has 0 saturated heterocycles. The van der Waals surface area contributed by atoms with Crippen LogP contribution < -0.4 is 15.5 Å². The molecule has 0 radical (unpaired) electrons. The van der Waals surface area contributed by atoms with E-state index in [0.717, 1.165) is 12.1 Å². The normalized spacial score (nSPS) is 11.4. The van der Waals surface area contributed by atoms with E-state index in [4.69, 9.17) is 16.3 Å². The Balaban J connectivity index is 1.87.